The minimum absolute atomic E-state index is 0.0684. The summed E-state index contributed by atoms with van der Waals surface area (Å²) in [5, 5.41) is 9.54. The van der Waals surface area contributed by atoms with Gasteiger partial charge in [-0.25, -0.2) is 0 Å². The molecule has 0 fully saturated rings. The molecule has 1 N–H and O–H groups in total. The third-order valence-electron chi connectivity index (χ3n) is 9.01. The molecule has 5 heteroatoms. The fraction of sp³-hybridized carbons (Fsp3) is 0.702. The minimum Gasteiger partial charge on any atom is -0.462 e. The van der Waals surface area contributed by atoms with Crippen LogP contribution in [0, 0.1) is 0 Å². The van der Waals surface area contributed by atoms with Gasteiger partial charge in [-0.15, -0.1) is 0 Å². The number of esters is 2. The first-order valence-electron chi connectivity index (χ1n) is 21.5. The molecule has 0 aromatic rings. The highest BCUT2D eigenvalue weighted by Crippen LogP contribution is 2.14. The van der Waals surface area contributed by atoms with E-state index in [1.807, 2.05) is 0 Å². The fourth-order valence-corrected chi connectivity index (χ4v) is 5.79. The highest BCUT2D eigenvalue weighted by Gasteiger charge is 2.16. The molecule has 0 aliphatic heterocycles. The summed E-state index contributed by atoms with van der Waals surface area (Å²) in [5.41, 5.74) is 0. The van der Waals surface area contributed by atoms with Crippen molar-refractivity contribution in [3.63, 3.8) is 0 Å². The number of unbranched alkanes of at least 4 members (excludes halogenated alkanes) is 18. The van der Waals surface area contributed by atoms with Crippen LogP contribution in [0.25, 0.3) is 0 Å². The maximum atomic E-state index is 12.2. The van der Waals surface area contributed by atoms with Crippen molar-refractivity contribution in [1.82, 2.24) is 0 Å². The van der Waals surface area contributed by atoms with E-state index in [9.17, 15) is 14.7 Å². The van der Waals surface area contributed by atoms with Crippen LogP contribution >= 0.6 is 0 Å². The van der Waals surface area contributed by atoms with Gasteiger partial charge in [0.05, 0.1) is 6.61 Å². The fourth-order valence-electron chi connectivity index (χ4n) is 5.79. The molecular formula is C47H80O5. The van der Waals surface area contributed by atoms with Gasteiger partial charge in [0.25, 0.3) is 0 Å². The molecule has 0 heterocycles. The van der Waals surface area contributed by atoms with Gasteiger partial charge in [-0.05, 0) is 64.2 Å². The molecule has 298 valence electrons. The second-order valence-electron chi connectivity index (χ2n) is 14.0. The van der Waals surface area contributed by atoms with Crippen LogP contribution in [0.15, 0.2) is 72.9 Å². The van der Waals surface area contributed by atoms with E-state index < -0.39 is 6.10 Å². The Balaban J connectivity index is 3.55. The Morgan fingerprint density at radius 1 is 0.462 bits per heavy atom. The number of carbonyl (C=O) groups excluding carboxylic acids is 2. The number of aliphatic hydroxyl groups excluding tert-OH is 1. The van der Waals surface area contributed by atoms with Crippen molar-refractivity contribution in [3.8, 4) is 0 Å². The van der Waals surface area contributed by atoms with Gasteiger partial charge in [0.15, 0.2) is 6.10 Å². The van der Waals surface area contributed by atoms with Crippen molar-refractivity contribution in [2.24, 2.45) is 0 Å². The van der Waals surface area contributed by atoms with Gasteiger partial charge in [-0.2, -0.15) is 0 Å². The van der Waals surface area contributed by atoms with Gasteiger partial charge < -0.3 is 14.6 Å². The van der Waals surface area contributed by atoms with Crippen LogP contribution in [0.4, 0.5) is 0 Å². The second-order valence-corrected chi connectivity index (χ2v) is 14.0. The first kappa shape index (κ1) is 49.3. The third-order valence-corrected chi connectivity index (χ3v) is 9.01. The van der Waals surface area contributed by atoms with E-state index in [0.717, 1.165) is 77.0 Å². The zero-order valence-corrected chi connectivity index (χ0v) is 33.8. The number of rotatable bonds is 38. The van der Waals surface area contributed by atoms with Crippen LogP contribution in [-0.2, 0) is 19.1 Å². The van der Waals surface area contributed by atoms with Crippen LogP contribution in [0.5, 0.6) is 0 Å². The monoisotopic (exact) mass is 725 g/mol. The van der Waals surface area contributed by atoms with E-state index in [0.29, 0.717) is 12.8 Å². The van der Waals surface area contributed by atoms with Gasteiger partial charge in [-0.3, -0.25) is 9.59 Å². The Kier molecular flexibility index (Phi) is 40.6. The van der Waals surface area contributed by atoms with Gasteiger partial charge in [-0.1, -0.05) is 189 Å². The average Bonchev–Trinajstić information content (AvgIpc) is 3.15. The Morgan fingerprint density at radius 2 is 0.827 bits per heavy atom. The molecule has 52 heavy (non-hydrogen) atoms. The normalized spacial score (nSPS) is 12.9. The van der Waals surface area contributed by atoms with Crippen LogP contribution in [0.1, 0.15) is 194 Å². The van der Waals surface area contributed by atoms with Crippen LogP contribution in [-0.4, -0.2) is 36.4 Å². The van der Waals surface area contributed by atoms with Crippen LogP contribution in [0.2, 0.25) is 0 Å². The van der Waals surface area contributed by atoms with E-state index in [4.69, 9.17) is 9.47 Å². The van der Waals surface area contributed by atoms with E-state index in [-0.39, 0.29) is 25.2 Å². The SMILES string of the molecule is CC/C=C\C/C=C\C/C=C\C/C=C\C/C=C\C/C=C\CCCCCCCCCCCCC(=O)OC(CO)COC(=O)CCCCCCCCCCC. The summed E-state index contributed by atoms with van der Waals surface area (Å²) in [6, 6.07) is 0. The Morgan fingerprint density at radius 3 is 1.25 bits per heavy atom. The number of hydrogen-bond acceptors (Lipinski definition) is 5. The number of allylic oxidation sites excluding steroid dienone is 12. The van der Waals surface area contributed by atoms with Crippen molar-refractivity contribution in [2.45, 2.75) is 200 Å². The van der Waals surface area contributed by atoms with Crippen LogP contribution in [0.3, 0.4) is 0 Å². The second kappa shape index (κ2) is 42.8. The summed E-state index contributed by atoms with van der Waals surface area (Å²) in [4.78, 5) is 24.2. The Hall–Kier alpha value is -2.66. The predicted octanol–water partition coefficient (Wildman–Crippen LogP) is 13.7. The largest absolute Gasteiger partial charge is 0.462 e. The van der Waals surface area contributed by atoms with Gasteiger partial charge in [0.2, 0.25) is 0 Å². The quantitative estimate of drug-likeness (QED) is 0.0390. The zero-order valence-electron chi connectivity index (χ0n) is 33.8. The van der Waals surface area contributed by atoms with Crippen molar-refractivity contribution >= 4 is 11.9 Å². The average molecular weight is 725 g/mol. The number of aliphatic hydroxyl groups is 1. The lowest BCUT2D eigenvalue weighted by Crippen LogP contribution is -2.28. The van der Waals surface area contributed by atoms with Crippen molar-refractivity contribution in [2.75, 3.05) is 13.2 Å². The van der Waals surface area contributed by atoms with Gasteiger partial charge in [0, 0.05) is 12.8 Å². The van der Waals surface area contributed by atoms with E-state index in [2.05, 4.69) is 86.8 Å². The van der Waals surface area contributed by atoms with Gasteiger partial charge in [0.1, 0.15) is 6.61 Å². The minimum atomic E-state index is -0.773. The van der Waals surface area contributed by atoms with Crippen molar-refractivity contribution < 1.29 is 24.2 Å². The first-order chi connectivity index (χ1) is 25.6. The molecule has 0 rings (SSSR count). The lowest BCUT2D eigenvalue weighted by Gasteiger charge is -2.15. The lowest BCUT2D eigenvalue weighted by atomic mass is 10.0. The summed E-state index contributed by atoms with van der Waals surface area (Å²) in [7, 11) is 0. The summed E-state index contributed by atoms with van der Waals surface area (Å²) in [6.45, 7) is 3.99. The molecule has 0 spiro atoms. The van der Waals surface area contributed by atoms with Crippen LogP contribution < -0.4 is 0 Å². The maximum absolute atomic E-state index is 12.2. The molecule has 0 amide bonds. The molecule has 0 bridgehead atoms. The van der Waals surface area contributed by atoms with Crippen molar-refractivity contribution in [3.05, 3.63) is 72.9 Å². The third kappa shape index (κ3) is 40.1. The molecular weight excluding hydrogens is 645 g/mol. The van der Waals surface area contributed by atoms with Crippen molar-refractivity contribution in [1.29, 1.82) is 0 Å². The molecule has 0 saturated heterocycles. The molecule has 5 nitrogen and oxygen atoms in total. The van der Waals surface area contributed by atoms with E-state index >= 15 is 0 Å². The number of ether oxygens (including phenoxy) is 2. The number of carbonyl (C=O) groups is 2. The first-order valence-corrected chi connectivity index (χ1v) is 21.5. The predicted molar refractivity (Wildman–Crippen MR) is 223 cm³/mol. The number of hydrogen-bond donors (Lipinski definition) is 1. The molecule has 0 saturated carbocycles. The molecule has 0 aromatic heterocycles. The smallest absolute Gasteiger partial charge is 0.306 e. The Labute approximate surface area is 321 Å². The standard InChI is InChI=1S/C47H80O5/c1-3-5-7-9-11-13-14-15-16-17-18-19-20-21-22-23-24-25-26-27-28-29-30-31-32-34-36-38-40-42-47(50)52-45(43-48)44-51-46(49)41-39-37-35-33-12-10-8-6-4-2/h5,7,11,13,15-16,18-19,21-22,24-25,45,48H,3-4,6,8-10,12,14,17,20,23,26-44H2,1-2H3/b7-5-,13-11-,16-15-,19-18-,22-21-,25-24-. The lowest BCUT2D eigenvalue weighted by molar-refractivity contribution is -0.161. The zero-order chi connectivity index (χ0) is 37.8. The molecule has 0 radical (unpaired) electrons. The maximum Gasteiger partial charge on any atom is 0.306 e. The molecule has 0 aromatic carbocycles. The molecule has 0 aliphatic carbocycles. The highest BCUT2D eigenvalue weighted by atomic mass is 16.6. The molecule has 1 atom stereocenters. The topological polar surface area (TPSA) is 72.8 Å². The summed E-state index contributed by atoms with van der Waals surface area (Å²) < 4.78 is 10.6. The highest BCUT2D eigenvalue weighted by molar-refractivity contribution is 5.70. The van der Waals surface area contributed by atoms with Gasteiger partial charge >= 0.3 is 11.9 Å². The summed E-state index contributed by atoms with van der Waals surface area (Å²) >= 11 is 0. The van der Waals surface area contributed by atoms with E-state index in [1.165, 1.54) is 89.9 Å². The van der Waals surface area contributed by atoms with E-state index in [1.54, 1.807) is 0 Å². The summed E-state index contributed by atoms with van der Waals surface area (Å²) in [5.74, 6) is -0.601. The summed E-state index contributed by atoms with van der Waals surface area (Å²) in [6.07, 6.45) is 57.0. The molecule has 1 unspecified atom stereocenters. The Bertz CT molecular complexity index is 957. The molecule has 0 aliphatic rings.